The first-order valence-electron chi connectivity index (χ1n) is 7.14. The van der Waals surface area contributed by atoms with Gasteiger partial charge in [-0.3, -0.25) is 14.5 Å². The molecule has 1 aliphatic heterocycles. The topological polar surface area (TPSA) is 78.7 Å². The zero-order chi connectivity index (χ0) is 15.2. The Morgan fingerprint density at radius 1 is 1.33 bits per heavy atom. The van der Waals surface area contributed by atoms with Gasteiger partial charge in [-0.05, 0) is 11.6 Å². The molecule has 0 aromatic heterocycles. The van der Waals surface area contributed by atoms with Crippen molar-refractivity contribution in [2.45, 2.75) is 13.0 Å². The number of likely N-dealkylation sites (N-methyl/N-ethyl adjacent to an activating group) is 1. The third kappa shape index (κ3) is 4.27. The number of nitrogens with two attached hydrogens (primary N) is 1. The summed E-state index contributed by atoms with van der Waals surface area (Å²) in [5, 5.41) is 2.88. The molecule has 0 saturated carbocycles. The molecule has 0 bridgehead atoms. The molecule has 2 rings (SSSR count). The van der Waals surface area contributed by atoms with Gasteiger partial charge in [0.1, 0.15) is 0 Å². The molecule has 6 heteroatoms. The van der Waals surface area contributed by atoms with Crippen molar-refractivity contribution >= 4 is 17.5 Å². The Morgan fingerprint density at radius 2 is 2.10 bits per heavy atom. The van der Waals surface area contributed by atoms with Crippen molar-refractivity contribution < 1.29 is 9.59 Å². The molecule has 1 aromatic carbocycles. The Bertz CT molecular complexity index is 518. The monoisotopic (exact) mass is 290 g/mol. The summed E-state index contributed by atoms with van der Waals surface area (Å²) >= 11 is 0. The van der Waals surface area contributed by atoms with E-state index in [0.717, 1.165) is 24.3 Å². The van der Waals surface area contributed by atoms with Crippen LogP contribution in [0.5, 0.6) is 0 Å². The number of carbonyl (C=O) groups is 2. The van der Waals surface area contributed by atoms with Crippen LogP contribution in [0.2, 0.25) is 0 Å². The third-order valence-corrected chi connectivity index (χ3v) is 3.70. The number of rotatable bonds is 5. The zero-order valence-electron chi connectivity index (χ0n) is 12.3. The van der Waals surface area contributed by atoms with Crippen LogP contribution in [0, 0.1) is 0 Å². The lowest BCUT2D eigenvalue weighted by Crippen LogP contribution is -2.49. The van der Waals surface area contributed by atoms with E-state index in [4.69, 9.17) is 5.73 Å². The number of carbonyl (C=O) groups excluding carboxylic acids is 2. The number of nitrogens with zero attached hydrogens (tertiary/aromatic N) is 2. The smallest absolute Gasteiger partial charge is 0.236 e. The first kappa shape index (κ1) is 15.5. The van der Waals surface area contributed by atoms with Crippen LogP contribution in [0.4, 0.5) is 5.69 Å². The minimum atomic E-state index is -0.0534. The number of benzene rings is 1. The number of hydrogen-bond acceptors (Lipinski definition) is 4. The van der Waals surface area contributed by atoms with Gasteiger partial charge in [-0.2, -0.15) is 0 Å². The van der Waals surface area contributed by atoms with E-state index in [-0.39, 0.29) is 11.8 Å². The Hall–Kier alpha value is -1.92. The van der Waals surface area contributed by atoms with Crippen LogP contribution in [-0.2, 0) is 16.1 Å². The summed E-state index contributed by atoms with van der Waals surface area (Å²) in [7, 11) is 1.80. The van der Waals surface area contributed by atoms with Crippen molar-refractivity contribution in [3.05, 3.63) is 29.8 Å². The molecule has 1 fully saturated rings. The summed E-state index contributed by atoms with van der Waals surface area (Å²) in [5.41, 5.74) is 7.32. The molecule has 1 aromatic rings. The number of amides is 2. The molecule has 21 heavy (non-hydrogen) atoms. The van der Waals surface area contributed by atoms with E-state index in [1.807, 2.05) is 29.2 Å². The lowest BCUT2D eigenvalue weighted by molar-refractivity contribution is -0.134. The van der Waals surface area contributed by atoms with Crippen molar-refractivity contribution in [1.29, 1.82) is 0 Å². The summed E-state index contributed by atoms with van der Waals surface area (Å²) in [4.78, 5) is 27.3. The normalized spacial score (nSPS) is 16.1. The molecule has 1 aliphatic rings. The van der Waals surface area contributed by atoms with Crippen molar-refractivity contribution in [2.75, 3.05) is 38.5 Å². The molecular weight excluding hydrogens is 268 g/mol. The fraction of sp³-hybridized carbons (Fsp3) is 0.467. The maximum atomic E-state index is 12.0. The van der Waals surface area contributed by atoms with Gasteiger partial charge in [-0.1, -0.05) is 18.2 Å². The summed E-state index contributed by atoms with van der Waals surface area (Å²) < 4.78 is 0. The van der Waals surface area contributed by atoms with E-state index in [1.165, 1.54) is 0 Å². The largest absolute Gasteiger partial charge is 0.343 e. The van der Waals surface area contributed by atoms with Crippen molar-refractivity contribution in [2.24, 2.45) is 5.73 Å². The van der Waals surface area contributed by atoms with Gasteiger partial charge in [-0.15, -0.1) is 0 Å². The van der Waals surface area contributed by atoms with Gasteiger partial charge in [-0.25, -0.2) is 0 Å². The van der Waals surface area contributed by atoms with Gasteiger partial charge in [0, 0.05) is 45.3 Å². The molecule has 0 aliphatic carbocycles. The van der Waals surface area contributed by atoms with Crippen molar-refractivity contribution in [1.82, 2.24) is 9.80 Å². The Labute approximate surface area is 124 Å². The van der Waals surface area contributed by atoms with Crippen LogP contribution >= 0.6 is 0 Å². The molecule has 1 heterocycles. The Balaban J connectivity index is 1.81. The summed E-state index contributed by atoms with van der Waals surface area (Å²) in [6.45, 7) is 2.91. The first-order chi connectivity index (χ1) is 10.1. The lowest BCUT2D eigenvalue weighted by Gasteiger charge is -2.31. The maximum Gasteiger partial charge on any atom is 0.236 e. The summed E-state index contributed by atoms with van der Waals surface area (Å²) in [5.74, 6) is 0.0532. The second-order valence-electron chi connectivity index (χ2n) is 5.25. The van der Waals surface area contributed by atoms with E-state index in [0.29, 0.717) is 26.1 Å². The second kappa shape index (κ2) is 7.19. The fourth-order valence-electron chi connectivity index (χ4n) is 2.29. The number of nitrogens with one attached hydrogen (secondary N) is 1. The first-order valence-corrected chi connectivity index (χ1v) is 7.14. The molecule has 114 valence electrons. The minimum absolute atomic E-state index is 0.0534. The molecule has 3 N–H and O–H groups in total. The van der Waals surface area contributed by atoms with Crippen LogP contribution < -0.4 is 11.1 Å². The van der Waals surface area contributed by atoms with Gasteiger partial charge >= 0.3 is 0 Å². The number of piperazine rings is 1. The number of anilines is 1. The van der Waals surface area contributed by atoms with Crippen molar-refractivity contribution in [3.8, 4) is 0 Å². The highest BCUT2D eigenvalue weighted by atomic mass is 16.2. The second-order valence-corrected chi connectivity index (χ2v) is 5.25. The van der Waals surface area contributed by atoms with Crippen LogP contribution in [0.15, 0.2) is 24.3 Å². The summed E-state index contributed by atoms with van der Waals surface area (Å²) in [6.07, 6.45) is 0.371. The average molecular weight is 290 g/mol. The third-order valence-electron chi connectivity index (χ3n) is 3.70. The van der Waals surface area contributed by atoms with Crippen molar-refractivity contribution in [3.63, 3.8) is 0 Å². The predicted molar refractivity (Wildman–Crippen MR) is 81.7 cm³/mol. The Kier molecular flexibility index (Phi) is 5.30. The Morgan fingerprint density at radius 3 is 2.81 bits per heavy atom. The zero-order valence-corrected chi connectivity index (χ0v) is 12.3. The van der Waals surface area contributed by atoms with E-state index in [9.17, 15) is 9.59 Å². The highest BCUT2D eigenvalue weighted by Gasteiger charge is 2.21. The molecule has 0 spiro atoms. The lowest BCUT2D eigenvalue weighted by atomic mass is 10.1. The highest BCUT2D eigenvalue weighted by Crippen LogP contribution is 2.14. The van der Waals surface area contributed by atoms with Gasteiger partial charge < -0.3 is 16.0 Å². The SMILES string of the molecule is CN1CCN(CCC(=O)Nc2ccccc2CN)CC1=O. The van der Waals surface area contributed by atoms with Crippen LogP contribution in [0.1, 0.15) is 12.0 Å². The predicted octanol–water partition coefficient (Wildman–Crippen LogP) is 0.248. The van der Waals surface area contributed by atoms with Gasteiger partial charge in [0.25, 0.3) is 0 Å². The van der Waals surface area contributed by atoms with Gasteiger partial charge in [0.05, 0.1) is 6.54 Å². The molecule has 0 unspecified atom stereocenters. The molecule has 0 radical (unpaired) electrons. The standard InChI is InChI=1S/C15H22N4O2/c1-18-8-9-19(11-15(18)21)7-6-14(20)17-13-5-3-2-4-12(13)10-16/h2-5H,6-11,16H2,1H3,(H,17,20). The van der Waals surface area contributed by atoms with E-state index < -0.39 is 0 Å². The van der Waals surface area contributed by atoms with E-state index >= 15 is 0 Å². The minimum Gasteiger partial charge on any atom is -0.343 e. The van der Waals surface area contributed by atoms with E-state index in [2.05, 4.69) is 5.32 Å². The fourth-order valence-corrected chi connectivity index (χ4v) is 2.29. The average Bonchev–Trinajstić information content (AvgIpc) is 2.49. The number of para-hydroxylation sites is 1. The van der Waals surface area contributed by atoms with Crippen LogP contribution in [0.25, 0.3) is 0 Å². The highest BCUT2D eigenvalue weighted by molar-refractivity contribution is 5.91. The molecule has 1 saturated heterocycles. The van der Waals surface area contributed by atoms with Gasteiger partial charge in [0.15, 0.2) is 0 Å². The van der Waals surface area contributed by atoms with Crippen LogP contribution in [0.3, 0.4) is 0 Å². The van der Waals surface area contributed by atoms with E-state index in [1.54, 1.807) is 11.9 Å². The van der Waals surface area contributed by atoms with Gasteiger partial charge in [0.2, 0.25) is 11.8 Å². The molecule has 2 amide bonds. The quantitative estimate of drug-likeness (QED) is 0.814. The van der Waals surface area contributed by atoms with Crippen LogP contribution in [-0.4, -0.2) is 54.8 Å². The molecular formula is C15H22N4O2. The maximum absolute atomic E-state index is 12.0. The molecule has 6 nitrogen and oxygen atoms in total. The number of hydrogen-bond donors (Lipinski definition) is 2. The molecule has 0 atom stereocenters. The summed E-state index contributed by atoms with van der Waals surface area (Å²) in [6, 6.07) is 7.51.